The van der Waals surface area contributed by atoms with Gasteiger partial charge in [0.1, 0.15) is 17.8 Å². The van der Waals surface area contributed by atoms with Crippen molar-refractivity contribution in [3.05, 3.63) is 107 Å². The van der Waals surface area contributed by atoms with Gasteiger partial charge < -0.3 is 15.8 Å². The number of hydrogen-bond donors (Lipinski definition) is 3. The predicted molar refractivity (Wildman–Crippen MR) is 150 cm³/mol. The first kappa shape index (κ1) is 23.3. The van der Waals surface area contributed by atoms with Crippen LogP contribution < -0.4 is 11.3 Å². The molecule has 4 N–H and O–H groups in total. The van der Waals surface area contributed by atoms with Crippen LogP contribution in [0.5, 0.6) is 0 Å². The van der Waals surface area contributed by atoms with Crippen LogP contribution >= 0.6 is 0 Å². The summed E-state index contributed by atoms with van der Waals surface area (Å²) < 4.78 is 16.6. The first-order valence-electron chi connectivity index (χ1n) is 12.8. The van der Waals surface area contributed by atoms with E-state index in [9.17, 15) is 9.90 Å². The Morgan fingerprint density at radius 1 is 1.05 bits per heavy atom. The fourth-order valence-corrected chi connectivity index (χ4v) is 5.40. The van der Waals surface area contributed by atoms with E-state index in [1.807, 2.05) is 42.5 Å². The van der Waals surface area contributed by atoms with Crippen molar-refractivity contribution in [2.24, 2.45) is 0 Å². The van der Waals surface area contributed by atoms with E-state index in [1.165, 1.54) is 17.0 Å². The number of aliphatic hydroxyl groups is 1. The molecular weight excluding hydrogens is 493 g/mol. The number of aromatic nitrogens is 4. The third-order valence-corrected chi connectivity index (χ3v) is 7.47. The summed E-state index contributed by atoms with van der Waals surface area (Å²) in [7, 11) is 0. The largest absolute Gasteiger partial charge is 0.399 e. The summed E-state index contributed by atoms with van der Waals surface area (Å²) in [4.78, 5) is 25.8. The van der Waals surface area contributed by atoms with Gasteiger partial charge >= 0.3 is 0 Å². The van der Waals surface area contributed by atoms with E-state index < -0.39 is 11.4 Å². The van der Waals surface area contributed by atoms with E-state index in [4.69, 9.17) is 5.73 Å². The van der Waals surface area contributed by atoms with Gasteiger partial charge in [0.15, 0.2) is 0 Å². The quantitative estimate of drug-likeness (QED) is 0.255. The predicted octanol–water partition coefficient (Wildman–Crippen LogP) is 5.69. The Morgan fingerprint density at radius 3 is 2.69 bits per heavy atom. The summed E-state index contributed by atoms with van der Waals surface area (Å²) in [5.41, 5.74) is 11.7. The van der Waals surface area contributed by atoms with Crippen molar-refractivity contribution in [3.8, 4) is 28.2 Å². The lowest BCUT2D eigenvalue weighted by atomic mass is 10.00. The van der Waals surface area contributed by atoms with Gasteiger partial charge in [-0.1, -0.05) is 30.3 Å². The van der Waals surface area contributed by atoms with Gasteiger partial charge in [0.05, 0.1) is 23.4 Å². The summed E-state index contributed by atoms with van der Waals surface area (Å²) in [6.45, 7) is -0.350. The lowest BCUT2D eigenvalue weighted by Crippen LogP contribution is -2.20. The summed E-state index contributed by atoms with van der Waals surface area (Å²) in [6.07, 6.45) is 5.20. The maximum absolute atomic E-state index is 15.2. The normalized spacial score (nSPS) is 13.4. The molecule has 7 rings (SSSR count). The molecule has 0 aliphatic heterocycles. The van der Waals surface area contributed by atoms with E-state index >= 15 is 4.39 Å². The lowest BCUT2D eigenvalue weighted by Gasteiger charge is -2.16. The van der Waals surface area contributed by atoms with Crippen molar-refractivity contribution in [1.82, 2.24) is 19.5 Å². The van der Waals surface area contributed by atoms with E-state index in [2.05, 4.69) is 15.0 Å². The molecule has 3 aromatic carbocycles. The SMILES string of the molecule is Nc1cccc(-c2cc3c(-c4cccc(-n5ccc6cc(C7CC7)cc(F)c6c5=O)c4CO)ncnc3[nH]2)c1. The average molecular weight is 518 g/mol. The number of pyridine rings is 1. The van der Waals surface area contributed by atoms with E-state index in [0.717, 1.165) is 35.0 Å². The molecule has 0 saturated heterocycles. The van der Waals surface area contributed by atoms with Crippen LogP contribution in [0.1, 0.15) is 29.9 Å². The maximum atomic E-state index is 15.2. The Morgan fingerprint density at radius 2 is 1.90 bits per heavy atom. The van der Waals surface area contributed by atoms with Gasteiger partial charge in [-0.05, 0) is 66.1 Å². The van der Waals surface area contributed by atoms with Gasteiger partial charge in [-0.25, -0.2) is 14.4 Å². The number of aromatic amines is 1. The number of hydrogen-bond acceptors (Lipinski definition) is 5. The van der Waals surface area contributed by atoms with Crippen LogP contribution in [0.4, 0.5) is 10.1 Å². The van der Waals surface area contributed by atoms with Crippen LogP contribution in [-0.4, -0.2) is 24.6 Å². The Bertz CT molecular complexity index is 1970. The highest BCUT2D eigenvalue weighted by atomic mass is 19.1. The van der Waals surface area contributed by atoms with Gasteiger partial charge in [-0.2, -0.15) is 0 Å². The van der Waals surface area contributed by atoms with Crippen molar-refractivity contribution in [2.45, 2.75) is 25.4 Å². The van der Waals surface area contributed by atoms with Gasteiger partial charge in [0.2, 0.25) is 0 Å². The molecular formula is C31H24FN5O2. The average Bonchev–Trinajstić information content (AvgIpc) is 3.70. The second-order valence-electron chi connectivity index (χ2n) is 9.99. The Hall–Kier alpha value is -4.82. The van der Waals surface area contributed by atoms with Crippen molar-refractivity contribution in [2.75, 3.05) is 5.73 Å². The number of nitrogen functional groups attached to an aromatic ring is 1. The Labute approximate surface area is 222 Å². The number of fused-ring (bicyclic) bond motifs is 2. The molecule has 3 heterocycles. The van der Waals surface area contributed by atoms with Crippen LogP contribution in [0.3, 0.4) is 0 Å². The van der Waals surface area contributed by atoms with E-state index in [1.54, 1.807) is 24.4 Å². The first-order chi connectivity index (χ1) is 19.0. The van der Waals surface area contributed by atoms with E-state index in [0.29, 0.717) is 45.1 Å². The summed E-state index contributed by atoms with van der Waals surface area (Å²) in [5.74, 6) is -0.142. The molecule has 7 nitrogen and oxygen atoms in total. The number of benzene rings is 3. The zero-order valence-electron chi connectivity index (χ0n) is 20.9. The minimum atomic E-state index is -0.519. The molecule has 6 aromatic rings. The number of nitrogens with one attached hydrogen (secondary N) is 1. The number of halogens is 1. The fraction of sp³-hybridized carbons (Fsp3) is 0.129. The van der Waals surface area contributed by atoms with Crippen molar-refractivity contribution < 1.29 is 9.50 Å². The second-order valence-corrected chi connectivity index (χ2v) is 9.99. The van der Waals surface area contributed by atoms with Crippen LogP contribution in [-0.2, 0) is 6.61 Å². The van der Waals surface area contributed by atoms with Gasteiger partial charge in [-0.3, -0.25) is 9.36 Å². The minimum Gasteiger partial charge on any atom is -0.399 e. The van der Waals surface area contributed by atoms with Crippen LogP contribution in [0.2, 0.25) is 0 Å². The molecule has 192 valence electrons. The number of rotatable bonds is 5. The van der Waals surface area contributed by atoms with Crippen LogP contribution in [0.15, 0.2) is 84.0 Å². The maximum Gasteiger partial charge on any atom is 0.265 e. The Kier molecular flexibility index (Phi) is 5.31. The summed E-state index contributed by atoms with van der Waals surface area (Å²) in [6, 6.07) is 20.0. The third-order valence-electron chi connectivity index (χ3n) is 7.47. The lowest BCUT2D eigenvalue weighted by molar-refractivity contribution is 0.282. The molecule has 0 atom stereocenters. The van der Waals surface area contributed by atoms with Crippen LogP contribution in [0.25, 0.3) is 50.0 Å². The van der Waals surface area contributed by atoms with Crippen LogP contribution in [0, 0.1) is 5.82 Å². The summed E-state index contributed by atoms with van der Waals surface area (Å²) >= 11 is 0. The molecule has 1 aliphatic carbocycles. The van der Waals surface area contributed by atoms with Gasteiger partial charge in [-0.15, -0.1) is 0 Å². The number of anilines is 1. The fourth-order valence-electron chi connectivity index (χ4n) is 5.40. The van der Waals surface area contributed by atoms with Gasteiger partial charge in [0.25, 0.3) is 5.56 Å². The molecule has 0 radical (unpaired) electrons. The number of H-pyrrole nitrogens is 1. The molecule has 8 heteroatoms. The van der Waals surface area contributed by atoms with Crippen molar-refractivity contribution >= 4 is 27.5 Å². The Balaban J connectivity index is 1.39. The zero-order chi connectivity index (χ0) is 26.7. The monoisotopic (exact) mass is 517 g/mol. The molecule has 1 saturated carbocycles. The molecule has 1 aliphatic rings. The topological polar surface area (TPSA) is 110 Å². The van der Waals surface area contributed by atoms with E-state index in [-0.39, 0.29) is 12.0 Å². The molecule has 1 fully saturated rings. The summed E-state index contributed by atoms with van der Waals surface area (Å²) in [5, 5.41) is 11.9. The molecule has 39 heavy (non-hydrogen) atoms. The second kappa shape index (κ2) is 8.89. The smallest absolute Gasteiger partial charge is 0.265 e. The molecule has 0 spiro atoms. The highest BCUT2D eigenvalue weighted by molar-refractivity contribution is 5.95. The third kappa shape index (κ3) is 3.88. The van der Waals surface area contributed by atoms with Crippen molar-refractivity contribution in [3.63, 3.8) is 0 Å². The zero-order valence-corrected chi connectivity index (χ0v) is 20.9. The molecule has 3 aromatic heterocycles. The molecule has 0 unspecified atom stereocenters. The number of nitrogens with zero attached hydrogens (tertiary/aromatic N) is 3. The highest BCUT2D eigenvalue weighted by Gasteiger charge is 2.25. The number of aliphatic hydroxyl groups excluding tert-OH is 1. The van der Waals surface area contributed by atoms with Crippen molar-refractivity contribution in [1.29, 1.82) is 0 Å². The number of nitrogens with two attached hydrogens (primary N) is 1. The standard InChI is InChI=1S/C31H24FN5O2/c32-25-13-20(17-7-8-17)11-19-9-10-37(31(39)28(19)25)27-6-2-5-22(24(27)15-38)29-23-14-26(36-30(23)35-16-34-29)18-3-1-4-21(33)12-18/h1-6,9-14,16-17,38H,7-8,15,33H2,(H,34,35,36). The first-order valence-corrected chi connectivity index (χ1v) is 12.8. The minimum absolute atomic E-state index is 0.0398. The van der Waals surface area contributed by atoms with Gasteiger partial charge in [0, 0.05) is 39.7 Å². The molecule has 0 bridgehead atoms. The molecule has 0 amide bonds. The highest BCUT2D eigenvalue weighted by Crippen LogP contribution is 2.41.